The number of thioether (sulfide) groups is 1. The van der Waals surface area contributed by atoms with Crippen molar-refractivity contribution in [3.05, 3.63) is 22.9 Å². The Morgan fingerprint density at radius 1 is 1.21 bits per heavy atom. The van der Waals surface area contributed by atoms with Crippen molar-refractivity contribution in [2.24, 2.45) is 12.0 Å². The van der Waals surface area contributed by atoms with Crippen molar-refractivity contribution < 1.29 is 13.2 Å². The van der Waals surface area contributed by atoms with Gasteiger partial charge in [-0.15, -0.1) is 0 Å². The van der Waals surface area contributed by atoms with E-state index in [1.165, 1.54) is 33.1 Å². The fraction of sp³-hybridized carbons (Fsp3) is 0.500. The molecule has 0 radical (unpaired) electrons. The van der Waals surface area contributed by atoms with Gasteiger partial charge in [-0.25, -0.2) is 8.42 Å². The molecule has 10 heteroatoms. The van der Waals surface area contributed by atoms with Crippen LogP contribution in [0.5, 0.6) is 0 Å². The van der Waals surface area contributed by atoms with Gasteiger partial charge in [0.15, 0.2) is 5.17 Å². The number of nitrogens with zero attached hydrogens (tertiary/aromatic N) is 5. The number of aromatic nitrogens is 2. The van der Waals surface area contributed by atoms with Crippen molar-refractivity contribution in [2.75, 3.05) is 26.2 Å². The quantitative estimate of drug-likeness (QED) is 0.711. The van der Waals surface area contributed by atoms with Crippen LogP contribution in [-0.2, 0) is 21.9 Å². The highest BCUT2D eigenvalue weighted by Gasteiger charge is 2.33. The lowest BCUT2D eigenvalue weighted by molar-refractivity contribution is -0.113. The summed E-state index contributed by atoms with van der Waals surface area (Å²) in [6.07, 6.45) is 2.86. The lowest BCUT2D eigenvalue weighted by Crippen LogP contribution is -2.49. The number of allylic oxidation sites excluding steroid dienone is 1. The van der Waals surface area contributed by atoms with Gasteiger partial charge < -0.3 is 4.90 Å². The monoisotopic (exact) mass is 369 g/mol. The summed E-state index contributed by atoms with van der Waals surface area (Å²) in [5, 5.41) is 4.59. The second-order valence-corrected chi connectivity index (χ2v) is 8.79. The Kier molecular flexibility index (Phi) is 4.54. The molecule has 3 heterocycles. The molecule has 0 N–H and O–H groups in total. The number of amides is 1. The van der Waals surface area contributed by atoms with Crippen molar-refractivity contribution in [2.45, 2.75) is 18.7 Å². The second kappa shape index (κ2) is 6.34. The Morgan fingerprint density at radius 2 is 1.88 bits per heavy atom. The number of aryl methyl sites for hydroxylation is 1. The average Bonchev–Trinajstić information content (AvgIpc) is 3.14. The molecule has 2 aliphatic rings. The molecule has 0 atom stereocenters. The largest absolute Gasteiger partial charge is 0.348 e. The van der Waals surface area contributed by atoms with Crippen LogP contribution in [-0.4, -0.2) is 64.7 Å². The second-order valence-electron chi connectivity index (χ2n) is 5.87. The van der Waals surface area contributed by atoms with Crippen LogP contribution in [0.2, 0.25) is 0 Å². The summed E-state index contributed by atoms with van der Waals surface area (Å²) in [6.45, 7) is 5.50. The van der Waals surface area contributed by atoms with Crippen LogP contribution in [0.15, 0.2) is 32.8 Å². The highest BCUT2D eigenvalue weighted by Crippen LogP contribution is 2.31. The van der Waals surface area contributed by atoms with E-state index in [2.05, 4.69) is 10.1 Å². The van der Waals surface area contributed by atoms with Crippen LogP contribution in [0.4, 0.5) is 0 Å². The molecular formula is C14H19N5O3S2. The summed E-state index contributed by atoms with van der Waals surface area (Å²) in [6, 6.07) is 0. The van der Waals surface area contributed by atoms with E-state index in [4.69, 9.17) is 0 Å². The van der Waals surface area contributed by atoms with E-state index in [0.717, 1.165) is 5.57 Å². The molecular weight excluding hydrogens is 350 g/mol. The third-order valence-electron chi connectivity index (χ3n) is 3.87. The zero-order valence-corrected chi connectivity index (χ0v) is 15.4. The highest BCUT2D eigenvalue weighted by atomic mass is 32.2. The van der Waals surface area contributed by atoms with Crippen LogP contribution in [0.25, 0.3) is 0 Å². The molecule has 1 saturated heterocycles. The maximum Gasteiger partial charge on any atom is 0.286 e. The number of aliphatic imine (C=N–C) groups is 1. The van der Waals surface area contributed by atoms with Gasteiger partial charge in [-0.05, 0) is 25.6 Å². The number of hydrogen-bond donors (Lipinski definition) is 0. The molecule has 0 unspecified atom stereocenters. The van der Waals surface area contributed by atoms with Crippen molar-refractivity contribution >= 4 is 32.9 Å². The van der Waals surface area contributed by atoms with Crippen molar-refractivity contribution in [3.8, 4) is 0 Å². The molecule has 1 amide bonds. The van der Waals surface area contributed by atoms with Gasteiger partial charge in [0.25, 0.3) is 5.91 Å². The molecule has 1 aromatic rings. The van der Waals surface area contributed by atoms with Gasteiger partial charge in [-0.1, -0.05) is 5.57 Å². The first-order valence-corrected chi connectivity index (χ1v) is 9.77. The molecule has 0 spiro atoms. The fourth-order valence-electron chi connectivity index (χ4n) is 2.55. The summed E-state index contributed by atoms with van der Waals surface area (Å²) in [4.78, 5) is 18.8. The normalized spacial score (nSPS) is 19.8. The Hall–Kier alpha value is -1.65. The molecule has 24 heavy (non-hydrogen) atoms. The maximum absolute atomic E-state index is 12.6. The average molecular weight is 369 g/mol. The summed E-state index contributed by atoms with van der Waals surface area (Å²) < 4.78 is 28.1. The van der Waals surface area contributed by atoms with Crippen LogP contribution in [0, 0.1) is 0 Å². The minimum atomic E-state index is -3.52. The standard InChI is InChI=1S/C14H19N5O3S2/c1-10(2)12-13(20)16-14(23-12)18-4-6-19(7-5-18)24(21,22)11-8-15-17(3)9-11/h8-9H,4-7H2,1-3H3. The van der Waals surface area contributed by atoms with E-state index >= 15 is 0 Å². The SMILES string of the molecule is CC(C)=C1SC(N2CCN(S(=O)(=O)c3cnn(C)c3)CC2)=NC1=O. The van der Waals surface area contributed by atoms with Crippen molar-refractivity contribution in [1.29, 1.82) is 0 Å². The fourth-order valence-corrected chi connectivity index (χ4v) is 4.92. The molecule has 0 bridgehead atoms. The molecule has 130 valence electrons. The molecule has 1 aromatic heterocycles. The van der Waals surface area contributed by atoms with E-state index in [0.29, 0.717) is 36.3 Å². The zero-order chi connectivity index (χ0) is 17.5. The number of carbonyl (C=O) groups excluding carboxylic acids is 1. The molecule has 8 nitrogen and oxygen atoms in total. The molecule has 0 aromatic carbocycles. The van der Waals surface area contributed by atoms with Crippen LogP contribution >= 0.6 is 11.8 Å². The van der Waals surface area contributed by atoms with E-state index in [1.54, 1.807) is 7.05 Å². The molecule has 2 aliphatic heterocycles. The Labute approximate surface area is 145 Å². The Bertz CT molecular complexity index is 828. The third kappa shape index (κ3) is 3.13. The maximum atomic E-state index is 12.6. The zero-order valence-electron chi connectivity index (χ0n) is 13.8. The third-order valence-corrected chi connectivity index (χ3v) is 7.04. The van der Waals surface area contributed by atoms with E-state index in [1.807, 2.05) is 18.7 Å². The van der Waals surface area contributed by atoms with E-state index in [-0.39, 0.29) is 10.8 Å². The first kappa shape index (κ1) is 17.2. The predicted molar refractivity (Wildman–Crippen MR) is 91.9 cm³/mol. The number of amidine groups is 1. The minimum absolute atomic E-state index is 0.202. The number of sulfonamides is 1. The summed E-state index contributed by atoms with van der Waals surface area (Å²) in [7, 11) is -1.84. The minimum Gasteiger partial charge on any atom is -0.348 e. The lowest BCUT2D eigenvalue weighted by Gasteiger charge is -2.34. The van der Waals surface area contributed by atoms with Gasteiger partial charge in [0, 0.05) is 39.4 Å². The van der Waals surface area contributed by atoms with Crippen molar-refractivity contribution in [3.63, 3.8) is 0 Å². The van der Waals surface area contributed by atoms with E-state index < -0.39 is 10.0 Å². The number of rotatable bonds is 2. The topological polar surface area (TPSA) is 87.9 Å². The van der Waals surface area contributed by atoms with Crippen LogP contribution in [0.1, 0.15) is 13.8 Å². The smallest absolute Gasteiger partial charge is 0.286 e. The predicted octanol–water partition coefficient (Wildman–Crippen LogP) is 0.650. The summed E-state index contributed by atoms with van der Waals surface area (Å²) in [5.74, 6) is -0.208. The number of hydrogen-bond acceptors (Lipinski definition) is 6. The first-order valence-electron chi connectivity index (χ1n) is 7.51. The lowest BCUT2D eigenvalue weighted by atomic mass is 10.3. The van der Waals surface area contributed by atoms with Gasteiger partial charge in [0.2, 0.25) is 10.0 Å². The molecule has 3 rings (SSSR count). The highest BCUT2D eigenvalue weighted by molar-refractivity contribution is 8.18. The van der Waals surface area contributed by atoms with Gasteiger partial charge in [0.05, 0.1) is 11.1 Å². The van der Waals surface area contributed by atoms with Crippen molar-refractivity contribution in [1.82, 2.24) is 19.0 Å². The summed E-state index contributed by atoms with van der Waals surface area (Å²) >= 11 is 1.37. The molecule has 0 aliphatic carbocycles. The van der Waals surface area contributed by atoms with Gasteiger partial charge >= 0.3 is 0 Å². The Balaban J connectivity index is 1.68. The van der Waals surface area contributed by atoms with Gasteiger partial charge in [0.1, 0.15) is 4.90 Å². The van der Waals surface area contributed by atoms with E-state index in [9.17, 15) is 13.2 Å². The summed E-state index contributed by atoms with van der Waals surface area (Å²) in [5.41, 5.74) is 0.946. The number of carbonyl (C=O) groups is 1. The molecule has 1 fully saturated rings. The van der Waals surface area contributed by atoms with Gasteiger partial charge in [-0.2, -0.15) is 14.4 Å². The molecule has 0 saturated carbocycles. The van der Waals surface area contributed by atoms with Gasteiger partial charge in [-0.3, -0.25) is 9.48 Å². The van der Waals surface area contributed by atoms with Crippen LogP contribution in [0.3, 0.4) is 0 Å². The first-order chi connectivity index (χ1) is 11.3. The Morgan fingerprint density at radius 3 is 2.38 bits per heavy atom. The number of piperazine rings is 1. The van der Waals surface area contributed by atoms with Crippen LogP contribution < -0.4 is 0 Å².